The molecule has 1 aliphatic heterocycles. The number of rotatable bonds is 5. The molecule has 0 unspecified atom stereocenters. The lowest BCUT2D eigenvalue weighted by Gasteiger charge is -2.34. The van der Waals surface area contributed by atoms with Crippen LogP contribution in [0.3, 0.4) is 0 Å². The van der Waals surface area contributed by atoms with Gasteiger partial charge in [-0.15, -0.1) is 22.7 Å². The van der Waals surface area contributed by atoms with Crippen molar-refractivity contribution in [2.75, 3.05) is 13.2 Å². The van der Waals surface area contributed by atoms with E-state index in [4.69, 9.17) is 0 Å². The lowest BCUT2D eigenvalue weighted by Crippen LogP contribution is -2.49. The molecule has 0 aromatic carbocycles. The zero-order valence-corrected chi connectivity index (χ0v) is 15.6. The first-order valence-corrected chi connectivity index (χ1v) is 10.7. The Bertz CT molecular complexity index is 791. The second kappa shape index (κ2) is 6.25. The van der Waals surface area contributed by atoms with Gasteiger partial charge < -0.3 is 5.11 Å². The average Bonchev–Trinajstić information content (AvgIpc) is 3.26. The van der Waals surface area contributed by atoms with Crippen LogP contribution in [0.4, 0.5) is 0 Å². The fraction of sp³-hybridized carbons (Fsp3) is 0.533. The van der Waals surface area contributed by atoms with Crippen molar-refractivity contribution in [1.29, 1.82) is 0 Å². The van der Waals surface area contributed by atoms with Crippen molar-refractivity contribution < 1.29 is 13.5 Å². The van der Waals surface area contributed by atoms with Crippen molar-refractivity contribution in [3.63, 3.8) is 0 Å². The van der Waals surface area contributed by atoms with E-state index in [9.17, 15) is 13.5 Å². The summed E-state index contributed by atoms with van der Waals surface area (Å²) in [6, 6.07) is 3.47. The van der Waals surface area contributed by atoms with Gasteiger partial charge in [0.1, 0.15) is 4.21 Å². The first-order chi connectivity index (χ1) is 10.9. The lowest BCUT2D eigenvalue weighted by atomic mass is 9.96. The summed E-state index contributed by atoms with van der Waals surface area (Å²) >= 11 is 2.80. The van der Waals surface area contributed by atoms with Crippen LogP contribution in [0.15, 0.2) is 21.7 Å². The molecule has 1 fully saturated rings. The summed E-state index contributed by atoms with van der Waals surface area (Å²) in [4.78, 5) is 5.27. The third-order valence-electron chi connectivity index (χ3n) is 4.48. The van der Waals surface area contributed by atoms with Gasteiger partial charge in [0.15, 0.2) is 0 Å². The number of aryl methyl sites for hydroxylation is 1. The van der Waals surface area contributed by atoms with E-state index in [0.29, 0.717) is 23.6 Å². The van der Waals surface area contributed by atoms with Gasteiger partial charge in [-0.25, -0.2) is 13.4 Å². The Morgan fingerprint density at radius 1 is 1.43 bits per heavy atom. The normalized spacial score (nSPS) is 22.7. The number of thiophene rings is 1. The highest BCUT2D eigenvalue weighted by molar-refractivity contribution is 7.91. The summed E-state index contributed by atoms with van der Waals surface area (Å²) in [6.45, 7) is 4.20. The number of aromatic nitrogens is 1. The van der Waals surface area contributed by atoms with Gasteiger partial charge in [0.05, 0.1) is 27.7 Å². The van der Waals surface area contributed by atoms with Crippen LogP contribution in [-0.2, 0) is 10.0 Å². The van der Waals surface area contributed by atoms with Crippen LogP contribution in [0.25, 0.3) is 10.6 Å². The summed E-state index contributed by atoms with van der Waals surface area (Å²) in [5.74, 6) is 0. The summed E-state index contributed by atoms with van der Waals surface area (Å²) in [5, 5.41) is 12.7. The van der Waals surface area contributed by atoms with Gasteiger partial charge in [-0.1, -0.05) is 6.92 Å². The van der Waals surface area contributed by atoms with Crippen LogP contribution in [-0.4, -0.2) is 41.5 Å². The fourth-order valence-corrected chi connectivity index (χ4v) is 7.05. The average molecular weight is 373 g/mol. The molecule has 1 aliphatic rings. The van der Waals surface area contributed by atoms with Gasteiger partial charge in [-0.05, 0) is 38.3 Å². The summed E-state index contributed by atoms with van der Waals surface area (Å²) < 4.78 is 27.9. The number of thiazole rings is 1. The van der Waals surface area contributed by atoms with E-state index in [1.807, 2.05) is 25.3 Å². The Labute approximate surface area is 144 Å². The highest BCUT2D eigenvalue weighted by atomic mass is 32.2. The van der Waals surface area contributed by atoms with Crippen LogP contribution in [0.1, 0.15) is 31.2 Å². The van der Waals surface area contributed by atoms with Crippen LogP contribution in [0.5, 0.6) is 0 Å². The van der Waals surface area contributed by atoms with Crippen molar-refractivity contribution >= 4 is 32.7 Å². The number of sulfonamides is 1. The van der Waals surface area contributed by atoms with Gasteiger partial charge in [0.2, 0.25) is 0 Å². The van der Waals surface area contributed by atoms with Gasteiger partial charge >= 0.3 is 0 Å². The first kappa shape index (κ1) is 17.0. The Balaban J connectivity index is 1.96. The molecule has 0 amide bonds. The van der Waals surface area contributed by atoms with E-state index in [1.54, 1.807) is 17.4 Å². The number of aliphatic hydroxyl groups excluding tert-OH is 1. The molecule has 0 saturated carbocycles. The van der Waals surface area contributed by atoms with E-state index in [0.717, 1.165) is 22.0 Å². The largest absolute Gasteiger partial charge is 0.394 e. The third kappa shape index (κ3) is 2.87. The molecule has 5 nitrogen and oxygen atoms in total. The second-order valence-electron chi connectivity index (χ2n) is 5.79. The topological polar surface area (TPSA) is 70.5 Å². The molecule has 1 N–H and O–H groups in total. The van der Waals surface area contributed by atoms with E-state index in [1.165, 1.54) is 15.6 Å². The maximum absolute atomic E-state index is 13.0. The molecule has 1 atom stereocenters. The smallest absolute Gasteiger partial charge is 0.253 e. The summed E-state index contributed by atoms with van der Waals surface area (Å²) in [6.07, 6.45) is 2.12. The zero-order valence-electron chi connectivity index (χ0n) is 13.2. The molecule has 2 aromatic heterocycles. The zero-order chi connectivity index (χ0) is 16.7. The van der Waals surface area contributed by atoms with E-state index in [-0.39, 0.29) is 6.61 Å². The third-order valence-corrected chi connectivity index (χ3v) is 8.83. The number of hydrogen-bond acceptors (Lipinski definition) is 6. The minimum absolute atomic E-state index is 0.133. The Morgan fingerprint density at radius 3 is 2.83 bits per heavy atom. The molecule has 3 heterocycles. The van der Waals surface area contributed by atoms with Crippen LogP contribution >= 0.6 is 22.7 Å². The summed E-state index contributed by atoms with van der Waals surface area (Å²) in [5.41, 5.74) is 0.171. The fourth-order valence-electron chi connectivity index (χ4n) is 3.09. The highest BCUT2D eigenvalue weighted by Gasteiger charge is 2.46. The van der Waals surface area contributed by atoms with E-state index < -0.39 is 15.6 Å². The predicted octanol–water partition coefficient (Wildman–Crippen LogP) is 3.11. The molecular formula is C15H20N2O3S3. The van der Waals surface area contributed by atoms with Crippen molar-refractivity contribution in [2.24, 2.45) is 0 Å². The predicted molar refractivity (Wildman–Crippen MR) is 93.4 cm³/mol. The number of nitrogens with zero attached hydrogens (tertiary/aromatic N) is 2. The van der Waals surface area contributed by atoms with E-state index >= 15 is 0 Å². The van der Waals surface area contributed by atoms with Gasteiger partial charge in [0, 0.05) is 11.9 Å². The maximum atomic E-state index is 13.0. The van der Waals surface area contributed by atoms with Crippen molar-refractivity contribution in [2.45, 2.75) is 42.9 Å². The van der Waals surface area contributed by atoms with Crippen LogP contribution in [0, 0.1) is 6.92 Å². The summed E-state index contributed by atoms with van der Waals surface area (Å²) in [7, 11) is -3.58. The highest BCUT2D eigenvalue weighted by Crippen LogP contribution is 2.40. The maximum Gasteiger partial charge on any atom is 0.253 e. The SMILES string of the molecule is CC[C@]1(CO)CCCN1S(=O)(=O)c1ccc(-c2csc(C)n2)s1. The molecule has 0 aliphatic carbocycles. The molecule has 0 radical (unpaired) electrons. The second-order valence-corrected chi connectivity index (χ2v) is 10.0. The van der Waals surface area contributed by atoms with Gasteiger partial charge in [-0.2, -0.15) is 4.31 Å². The molecule has 0 spiro atoms. The molecular weight excluding hydrogens is 352 g/mol. The van der Waals surface area contributed by atoms with Crippen LogP contribution < -0.4 is 0 Å². The van der Waals surface area contributed by atoms with Crippen molar-refractivity contribution in [1.82, 2.24) is 9.29 Å². The Hall–Kier alpha value is -0.800. The van der Waals surface area contributed by atoms with Crippen molar-refractivity contribution in [3.05, 3.63) is 22.5 Å². The molecule has 8 heteroatoms. The van der Waals surface area contributed by atoms with Crippen molar-refractivity contribution in [3.8, 4) is 10.6 Å². The number of hydrogen-bond donors (Lipinski definition) is 1. The van der Waals surface area contributed by atoms with Crippen LogP contribution in [0.2, 0.25) is 0 Å². The van der Waals surface area contributed by atoms with E-state index in [2.05, 4.69) is 4.98 Å². The molecule has 126 valence electrons. The Morgan fingerprint density at radius 2 is 2.22 bits per heavy atom. The first-order valence-electron chi connectivity index (χ1n) is 7.59. The monoisotopic (exact) mass is 372 g/mol. The minimum atomic E-state index is -3.58. The minimum Gasteiger partial charge on any atom is -0.394 e. The lowest BCUT2D eigenvalue weighted by molar-refractivity contribution is 0.117. The quantitative estimate of drug-likeness (QED) is 0.875. The Kier molecular flexibility index (Phi) is 4.63. The van der Waals surface area contributed by atoms with Gasteiger partial charge in [0.25, 0.3) is 10.0 Å². The molecule has 3 rings (SSSR count). The molecule has 2 aromatic rings. The standard InChI is InChI=1S/C15H20N2O3S3/c1-3-15(10-18)7-4-8-17(15)23(19,20)14-6-5-13(22-14)12-9-21-11(2)16-12/h5-6,9,18H,3-4,7-8,10H2,1-2H3/t15-/m1/s1. The number of aliphatic hydroxyl groups is 1. The van der Waals surface area contributed by atoms with Gasteiger partial charge in [-0.3, -0.25) is 0 Å². The molecule has 1 saturated heterocycles. The molecule has 23 heavy (non-hydrogen) atoms. The molecule has 0 bridgehead atoms.